The number of nitrogens with zero attached hydrogens (tertiary/aromatic N) is 3. The Hall–Kier alpha value is -1.95. The lowest BCUT2D eigenvalue weighted by atomic mass is 10.2. The van der Waals surface area contributed by atoms with E-state index in [0.29, 0.717) is 6.54 Å². The molecule has 5 nitrogen and oxygen atoms in total. The lowest BCUT2D eigenvalue weighted by molar-refractivity contribution is 0.734. The van der Waals surface area contributed by atoms with Crippen LogP contribution in [0.25, 0.3) is 5.69 Å². The number of hydrogen-bond acceptors (Lipinski definition) is 3. The van der Waals surface area contributed by atoms with Crippen molar-refractivity contribution < 1.29 is 0 Å². The topological polar surface area (TPSA) is 54.2 Å². The Labute approximate surface area is 148 Å². The van der Waals surface area contributed by atoms with Gasteiger partial charge in [-0.15, -0.1) is 0 Å². The van der Waals surface area contributed by atoms with Crippen molar-refractivity contribution in [1.29, 1.82) is 0 Å². The Kier molecular flexibility index (Phi) is 8.24. The zero-order valence-electron chi connectivity index (χ0n) is 14.5. The zero-order chi connectivity index (χ0) is 17.0. The summed E-state index contributed by atoms with van der Waals surface area (Å²) in [6, 6.07) is 10.2. The molecule has 0 aliphatic carbocycles. The van der Waals surface area contributed by atoms with Crippen LogP contribution in [0.15, 0.2) is 47.7 Å². The van der Waals surface area contributed by atoms with Crippen molar-refractivity contribution in [2.45, 2.75) is 26.3 Å². The predicted octanol–water partition coefficient (Wildman–Crippen LogP) is 3.07. The molecule has 0 spiro atoms. The van der Waals surface area contributed by atoms with E-state index in [4.69, 9.17) is 0 Å². The SMILES string of the molecule is CCNC(=NCc1cccc(-n2cccn2)c1)NCCCCSC. The number of hydrogen-bond donors (Lipinski definition) is 2. The van der Waals surface area contributed by atoms with Crippen LogP contribution in [0.1, 0.15) is 25.3 Å². The van der Waals surface area contributed by atoms with Gasteiger partial charge in [0.25, 0.3) is 0 Å². The molecule has 2 rings (SSSR count). The van der Waals surface area contributed by atoms with E-state index in [0.717, 1.165) is 24.7 Å². The fourth-order valence-electron chi connectivity index (χ4n) is 2.31. The van der Waals surface area contributed by atoms with E-state index < -0.39 is 0 Å². The lowest BCUT2D eigenvalue weighted by Gasteiger charge is -2.11. The Balaban J connectivity index is 1.91. The second-order valence-corrected chi connectivity index (χ2v) is 6.43. The molecule has 6 heteroatoms. The smallest absolute Gasteiger partial charge is 0.191 e. The molecule has 0 fully saturated rings. The highest BCUT2D eigenvalue weighted by atomic mass is 32.2. The van der Waals surface area contributed by atoms with Gasteiger partial charge in [-0.05, 0) is 55.5 Å². The van der Waals surface area contributed by atoms with E-state index in [1.807, 2.05) is 34.8 Å². The average Bonchev–Trinajstić information content (AvgIpc) is 3.14. The van der Waals surface area contributed by atoms with E-state index in [2.05, 4.69) is 52.1 Å². The van der Waals surface area contributed by atoms with Crippen LogP contribution in [-0.2, 0) is 6.54 Å². The molecule has 0 aliphatic heterocycles. The third-order valence-corrected chi connectivity index (χ3v) is 4.21. The molecule has 0 atom stereocenters. The number of benzene rings is 1. The van der Waals surface area contributed by atoms with Crippen molar-refractivity contribution in [3.8, 4) is 5.69 Å². The van der Waals surface area contributed by atoms with Crippen molar-refractivity contribution in [1.82, 2.24) is 20.4 Å². The normalized spacial score (nSPS) is 11.5. The van der Waals surface area contributed by atoms with Gasteiger partial charge in [0.2, 0.25) is 0 Å². The monoisotopic (exact) mass is 345 g/mol. The van der Waals surface area contributed by atoms with Crippen LogP contribution >= 0.6 is 11.8 Å². The maximum absolute atomic E-state index is 4.68. The molecule has 0 amide bonds. The summed E-state index contributed by atoms with van der Waals surface area (Å²) in [5.41, 5.74) is 2.23. The molecular formula is C18H27N5S. The molecule has 0 aliphatic rings. The van der Waals surface area contributed by atoms with Crippen LogP contribution < -0.4 is 10.6 Å². The summed E-state index contributed by atoms with van der Waals surface area (Å²) < 4.78 is 1.86. The van der Waals surface area contributed by atoms with Crippen LogP contribution in [0.3, 0.4) is 0 Å². The van der Waals surface area contributed by atoms with Gasteiger partial charge < -0.3 is 10.6 Å². The van der Waals surface area contributed by atoms with Gasteiger partial charge in [-0.3, -0.25) is 0 Å². The van der Waals surface area contributed by atoms with Gasteiger partial charge in [-0.1, -0.05) is 12.1 Å². The summed E-state index contributed by atoms with van der Waals surface area (Å²) in [4.78, 5) is 4.68. The molecule has 0 unspecified atom stereocenters. The zero-order valence-corrected chi connectivity index (χ0v) is 15.4. The fourth-order valence-corrected chi connectivity index (χ4v) is 2.80. The maximum Gasteiger partial charge on any atom is 0.191 e. The predicted molar refractivity (Wildman–Crippen MR) is 104 cm³/mol. The molecule has 130 valence electrons. The van der Waals surface area contributed by atoms with Crippen molar-refractivity contribution in [3.63, 3.8) is 0 Å². The number of aromatic nitrogens is 2. The van der Waals surface area contributed by atoms with Crippen LogP contribution in [-0.4, -0.2) is 40.8 Å². The number of aliphatic imine (C=N–C) groups is 1. The highest BCUT2D eigenvalue weighted by Crippen LogP contribution is 2.10. The highest BCUT2D eigenvalue weighted by Gasteiger charge is 2.00. The average molecular weight is 346 g/mol. The second kappa shape index (κ2) is 10.8. The molecule has 0 saturated carbocycles. The Morgan fingerprint density at radius 1 is 1.25 bits per heavy atom. The van der Waals surface area contributed by atoms with Crippen molar-refractivity contribution in [2.24, 2.45) is 4.99 Å². The quantitative estimate of drug-likeness (QED) is 0.417. The summed E-state index contributed by atoms with van der Waals surface area (Å²) >= 11 is 1.90. The second-order valence-electron chi connectivity index (χ2n) is 5.44. The van der Waals surface area contributed by atoms with E-state index in [1.165, 1.54) is 24.2 Å². The number of thioether (sulfide) groups is 1. The number of guanidine groups is 1. The van der Waals surface area contributed by atoms with Gasteiger partial charge in [0.05, 0.1) is 12.2 Å². The largest absolute Gasteiger partial charge is 0.357 e. The number of unbranched alkanes of at least 4 members (excludes halogenated alkanes) is 1. The Morgan fingerprint density at radius 3 is 2.92 bits per heavy atom. The lowest BCUT2D eigenvalue weighted by Crippen LogP contribution is -2.37. The standard InChI is InChI=1S/C18H27N5S/c1-3-19-18(20-10-4-5-13-24-2)21-15-16-8-6-9-17(14-16)23-12-7-11-22-23/h6-9,11-12,14H,3-5,10,13,15H2,1-2H3,(H2,19,20,21). The first kappa shape index (κ1) is 18.4. The van der Waals surface area contributed by atoms with Crippen molar-refractivity contribution in [3.05, 3.63) is 48.3 Å². The van der Waals surface area contributed by atoms with E-state index in [-0.39, 0.29) is 0 Å². The molecule has 0 saturated heterocycles. The molecular weight excluding hydrogens is 318 g/mol. The summed E-state index contributed by atoms with van der Waals surface area (Å²) in [6.45, 7) is 4.56. The Bertz CT molecular complexity index is 610. The van der Waals surface area contributed by atoms with E-state index >= 15 is 0 Å². The first-order valence-electron chi connectivity index (χ1n) is 8.43. The van der Waals surface area contributed by atoms with Gasteiger partial charge in [0.1, 0.15) is 0 Å². The molecule has 1 heterocycles. The van der Waals surface area contributed by atoms with Gasteiger partial charge >= 0.3 is 0 Å². The van der Waals surface area contributed by atoms with Crippen LogP contribution in [0.4, 0.5) is 0 Å². The van der Waals surface area contributed by atoms with Gasteiger partial charge in [0.15, 0.2) is 5.96 Å². The minimum atomic E-state index is 0.648. The summed E-state index contributed by atoms with van der Waals surface area (Å²) in [5.74, 6) is 2.10. The molecule has 24 heavy (non-hydrogen) atoms. The maximum atomic E-state index is 4.68. The third kappa shape index (κ3) is 6.28. The van der Waals surface area contributed by atoms with Crippen LogP contribution in [0.2, 0.25) is 0 Å². The first-order valence-corrected chi connectivity index (χ1v) is 9.83. The van der Waals surface area contributed by atoms with Crippen molar-refractivity contribution in [2.75, 3.05) is 25.1 Å². The molecule has 2 N–H and O–H groups in total. The van der Waals surface area contributed by atoms with Gasteiger partial charge in [0, 0.05) is 25.5 Å². The summed E-state index contributed by atoms with van der Waals surface area (Å²) in [5, 5.41) is 11.0. The van der Waals surface area contributed by atoms with E-state index in [1.54, 1.807) is 6.20 Å². The molecule has 0 bridgehead atoms. The molecule has 0 radical (unpaired) electrons. The summed E-state index contributed by atoms with van der Waals surface area (Å²) in [7, 11) is 0. The van der Waals surface area contributed by atoms with E-state index in [9.17, 15) is 0 Å². The third-order valence-electron chi connectivity index (χ3n) is 3.51. The Morgan fingerprint density at radius 2 is 2.17 bits per heavy atom. The molecule has 1 aromatic carbocycles. The highest BCUT2D eigenvalue weighted by molar-refractivity contribution is 7.98. The van der Waals surface area contributed by atoms with Gasteiger partial charge in [-0.25, -0.2) is 9.67 Å². The summed E-state index contributed by atoms with van der Waals surface area (Å²) in [6.07, 6.45) is 8.29. The minimum Gasteiger partial charge on any atom is -0.357 e. The fraction of sp³-hybridized carbons (Fsp3) is 0.444. The van der Waals surface area contributed by atoms with Gasteiger partial charge in [-0.2, -0.15) is 16.9 Å². The number of nitrogens with one attached hydrogen (secondary N) is 2. The minimum absolute atomic E-state index is 0.648. The van der Waals surface area contributed by atoms with Crippen molar-refractivity contribution >= 4 is 17.7 Å². The molecule has 2 aromatic rings. The first-order chi connectivity index (χ1) is 11.8. The number of rotatable bonds is 9. The van der Waals surface area contributed by atoms with Crippen LogP contribution in [0, 0.1) is 0 Å². The molecule has 1 aromatic heterocycles. The van der Waals surface area contributed by atoms with Crippen LogP contribution in [0.5, 0.6) is 0 Å².